The van der Waals surface area contributed by atoms with Crippen LogP contribution in [0.4, 0.5) is 5.69 Å². The van der Waals surface area contributed by atoms with Crippen LogP contribution < -0.4 is 14.8 Å². The Kier molecular flexibility index (Phi) is 6.63. The van der Waals surface area contributed by atoms with Gasteiger partial charge in [0.25, 0.3) is 0 Å². The van der Waals surface area contributed by atoms with E-state index in [-0.39, 0.29) is 5.91 Å². The summed E-state index contributed by atoms with van der Waals surface area (Å²) in [5.74, 6) is 1.40. The summed E-state index contributed by atoms with van der Waals surface area (Å²) >= 11 is 0. The Hall–Kier alpha value is -2.53. The van der Waals surface area contributed by atoms with E-state index in [0.29, 0.717) is 19.4 Å². The highest BCUT2D eigenvalue weighted by Gasteiger charge is 2.07. The predicted molar refractivity (Wildman–Crippen MR) is 93.7 cm³/mol. The summed E-state index contributed by atoms with van der Waals surface area (Å²) in [7, 11) is 4.87. The Morgan fingerprint density at radius 2 is 1.67 bits per heavy atom. The Morgan fingerprint density at radius 3 is 2.29 bits per heavy atom. The summed E-state index contributed by atoms with van der Waals surface area (Å²) in [6.07, 6.45) is 0.988. The minimum absolute atomic E-state index is 0.0358. The van der Waals surface area contributed by atoms with Crippen molar-refractivity contribution in [2.75, 3.05) is 26.6 Å². The number of hydrogen-bond acceptors (Lipinski definition) is 4. The molecule has 5 nitrogen and oxygen atoms in total. The topological polar surface area (TPSA) is 56.8 Å². The van der Waals surface area contributed by atoms with Crippen LogP contribution in [-0.4, -0.2) is 27.2 Å². The largest absolute Gasteiger partial charge is 0.497 e. The fourth-order valence-corrected chi connectivity index (χ4v) is 2.40. The number of benzene rings is 2. The molecular weight excluding hydrogens is 306 g/mol. The molecule has 2 aromatic rings. The van der Waals surface area contributed by atoms with Crippen molar-refractivity contribution < 1.29 is 19.0 Å². The van der Waals surface area contributed by atoms with Gasteiger partial charge in [-0.2, -0.15) is 0 Å². The number of ether oxygens (including phenoxy) is 3. The van der Waals surface area contributed by atoms with Crippen molar-refractivity contribution in [3.05, 3.63) is 53.6 Å². The third kappa shape index (κ3) is 5.28. The number of aryl methyl sites for hydroxylation is 1. The third-order valence-electron chi connectivity index (χ3n) is 3.57. The van der Waals surface area contributed by atoms with Gasteiger partial charge >= 0.3 is 0 Å². The van der Waals surface area contributed by atoms with Crippen LogP contribution >= 0.6 is 0 Å². The molecule has 0 heterocycles. The molecule has 0 aliphatic heterocycles. The molecule has 0 spiro atoms. The molecule has 24 heavy (non-hydrogen) atoms. The zero-order valence-corrected chi connectivity index (χ0v) is 14.3. The molecule has 0 fully saturated rings. The van der Waals surface area contributed by atoms with Crippen molar-refractivity contribution in [2.24, 2.45) is 0 Å². The lowest BCUT2D eigenvalue weighted by molar-refractivity contribution is -0.116. The molecule has 0 aromatic heterocycles. The first kappa shape index (κ1) is 17.8. The van der Waals surface area contributed by atoms with E-state index < -0.39 is 0 Å². The standard InChI is InChI=1S/C19H23NO4/c1-22-13-15-5-4-6-16(9-15)20-19(21)8-7-14-10-17(23-2)12-18(11-14)24-3/h4-6,9-12H,7-8,13H2,1-3H3,(H,20,21). The second-order valence-electron chi connectivity index (χ2n) is 5.40. The maximum absolute atomic E-state index is 12.2. The summed E-state index contributed by atoms with van der Waals surface area (Å²) in [5.41, 5.74) is 2.79. The number of carbonyl (C=O) groups is 1. The fourth-order valence-electron chi connectivity index (χ4n) is 2.40. The van der Waals surface area contributed by atoms with Gasteiger partial charge in [-0.25, -0.2) is 0 Å². The monoisotopic (exact) mass is 329 g/mol. The summed E-state index contributed by atoms with van der Waals surface area (Å²) in [6.45, 7) is 0.521. The van der Waals surface area contributed by atoms with Crippen molar-refractivity contribution in [3.63, 3.8) is 0 Å². The number of amides is 1. The summed E-state index contributed by atoms with van der Waals surface area (Å²) in [5, 5.41) is 2.91. The van der Waals surface area contributed by atoms with Gasteiger partial charge < -0.3 is 19.5 Å². The number of nitrogens with one attached hydrogen (secondary N) is 1. The van der Waals surface area contributed by atoms with Crippen molar-refractivity contribution in [1.29, 1.82) is 0 Å². The maximum Gasteiger partial charge on any atom is 0.224 e. The second kappa shape index (κ2) is 8.93. The van der Waals surface area contributed by atoms with Gasteiger partial charge in [-0.15, -0.1) is 0 Å². The van der Waals surface area contributed by atoms with E-state index in [4.69, 9.17) is 14.2 Å². The van der Waals surface area contributed by atoms with Crippen molar-refractivity contribution in [3.8, 4) is 11.5 Å². The Balaban J connectivity index is 1.94. The van der Waals surface area contributed by atoms with E-state index >= 15 is 0 Å². The zero-order valence-electron chi connectivity index (χ0n) is 14.3. The van der Waals surface area contributed by atoms with Crippen LogP contribution in [-0.2, 0) is 22.6 Å². The van der Waals surface area contributed by atoms with Crippen LogP contribution in [0.25, 0.3) is 0 Å². The number of carbonyl (C=O) groups excluding carboxylic acids is 1. The van der Waals surface area contributed by atoms with Crippen LogP contribution in [0.5, 0.6) is 11.5 Å². The van der Waals surface area contributed by atoms with E-state index in [2.05, 4.69) is 5.32 Å². The van der Waals surface area contributed by atoms with E-state index in [9.17, 15) is 4.79 Å². The molecule has 1 amide bonds. The average molecular weight is 329 g/mol. The fraction of sp³-hybridized carbons (Fsp3) is 0.316. The van der Waals surface area contributed by atoms with E-state index in [1.54, 1.807) is 21.3 Å². The van der Waals surface area contributed by atoms with Gasteiger partial charge in [0.05, 0.1) is 20.8 Å². The maximum atomic E-state index is 12.2. The van der Waals surface area contributed by atoms with Crippen molar-refractivity contribution in [2.45, 2.75) is 19.4 Å². The van der Waals surface area contributed by atoms with Gasteiger partial charge in [0.15, 0.2) is 0 Å². The van der Waals surface area contributed by atoms with Crippen LogP contribution in [0.3, 0.4) is 0 Å². The van der Waals surface area contributed by atoms with Gasteiger partial charge in [-0.1, -0.05) is 12.1 Å². The predicted octanol–water partition coefficient (Wildman–Crippen LogP) is 3.42. The minimum atomic E-state index is -0.0358. The number of hydrogen-bond donors (Lipinski definition) is 1. The average Bonchev–Trinajstić information content (AvgIpc) is 2.60. The molecule has 0 aliphatic carbocycles. The van der Waals surface area contributed by atoms with Crippen LogP contribution in [0.2, 0.25) is 0 Å². The lowest BCUT2D eigenvalue weighted by atomic mass is 10.1. The molecule has 5 heteroatoms. The first-order chi connectivity index (χ1) is 11.6. The molecule has 1 N–H and O–H groups in total. The van der Waals surface area contributed by atoms with Gasteiger partial charge in [0.2, 0.25) is 5.91 Å². The lowest BCUT2D eigenvalue weighted by Crippen LogP contribution is -2.12. The Bertz CT molecular complexity index is 663. The Morgan fingerprint density at radius 1 is 0.958 bits per heavy atom. The van der Waals surface area contributed by atoms with Crippen molar-refractivity contribution in [1.82, 2.24) is 0 Å². The first-order valence-corrected chi connectivity index (χ1v) is 7.74. The number of rotatable bonds is 8. The quantitative estimate of drug-likeness (QED) is 0.806. The highest BCUT2D eigenvalue weighted by molar-refractivity contribution is 5.90. The number of methoxy groups -OCH3 is 3. The molecule has 0 saturated heterocycles. The van der Waals surface area contributed by atoms with Gasteiger partial charge in [0.1, 0.15) is 11.5 Å². The highest BCUT2D eigenvalue weighted by Crippen LogP contribution is 2.23. The third-order valence-corrected chi connectivity index (χ3v) is 3.57. The SMILES string of the molecule is COCc1cccc(NC(=O)CCc2cc(OC)cc(OC)c2)c1. The van der Waals surface area contributed by atoms with Crippen LogP contribution in [0, 0.1) is 0 Å². The molecule has 128 valence electrons. The molecule has 0 radical (unpaired) electrons. The second-order valence-corrected chi connectivity index (χ2v) is 5.40. The molecular formula is C19H23NO4. The smallest absolute Gasteiger partial charge is 0.224 e. The van der Waals surface area contributed by atoms with E-state index in [1.807, 2.05) is 42.5 Å². The summed E-state index contributed by atoms with van der Waals surface area (Å²) < 4.78 is 15.6. The molecule has 2 rings (SSSR count). The van der Waals surface area contributed by atoms with E-state index in [0.717, 1.165) is 28.3 Å². The molecule has 0 unspecified atom stereocenters. The molecule has 0 atom stereocenters. The minimum Gasteiger partial charge on any atom is -0.497 e. The lowest BCUT2D eigenvalue weighted by Gasteiger charge is -2.09. The van der Waals surface area contributed by atoms with Crippen LogP contribution in [0.1, 0.15) is 17.5 Å². The zero-order chi connectivity index (χ0) is 17.4. The molecule has 0 saturated carbocycles. The molecule has 0 aliphatic rings. The van der Waals surface area contributed by atoms with Crippen LogP contribution in [0.15, 0.2) is 42.5 Å². The van der Waals surface area contributed by atoms with Gasteiger partial charge in [-0.3, -0.25) is 4.79 Å². The van der Waals surface area contributed by atoms with E-state index in [1.165, 1.54) is 0 Å². The Labute approximate surface area is 142 Å². The first-order valence-electron chi connectivity index (χ1n) is 7.74. The summed E-state index contributed by atoms with van der Waals surface area (Å²) in [6, 6.07) is 13.3. The van der Waals surface area contributed by atoms with Gasteiger partial charge in [0, 0.05) is 25.3 Å². The summed E-state index contributed by atoms with van der Waals surface area (Å²) in [4.78, 5) is 12.2. The van der Waals surface area contributed by atoms with Gasteiger partial charge in [-0.05, 0) is 41.8 Å². The van der Waals surface area contributed by atoms with Crippen molar-refractivity contribution >= 4 is 11.6 Å². The molecule has 0 bridgehead atoms. The number of anilines is 1. The normalized spacial score (nSPS) is 10.3. The highest BCUT2D eigenvalue weighted by atomic mass is 16.5. The molecule has 2 aromatic carbocycles.